The van der Waals surface area contributed by atoms with Gasteiger partial charge in [0.05, 0.1) is 11.3 Å². The summed E-state index contributed by atoms with van der Waals surface area (Å²) in [5.41, 5.74) is 2.47. The summed E-state index contributed by atoms with van der Waals surface area (Å²) in [6.07, 6.45) is 0.985. The summed E-state index contributed by atoms with van der Waals surface area (Å²) in [5, 5.41) is 11.4. The van der Waals surface area contributed by atoms with E-state index in [0.29, 0.717) is 5.56 Å². The lowest BCUT2D eigenvalue weighted by molar-refractivity contribution is 0.0697. The van der Waals surface area contributed by atoms with E-state index < -0.39 is 5.97 Å². The maximum atomic E-state index is 11.3. The molecule has 1 aromatic carbocycles. The summed E-state index contributed by atoms with van der Waals surface area (Å²) >= 11 is 5.20. The van der Waals surface area contributed by atoms with Crippen molar-refractivity contribution in [3.63, 3.8) is 0 Å². The van der Waals surface area contributed by atoms with Crippen LogP contribution in [0.1, 0.15) is 20.8 Å². The van der Waals surface area contributed by atoms with Crippen LogP contribution in [0.4, 0.5) is 5.69 Å². The lowest BCUT2D eigenvalue weighted by Gasteiger charge is -2.30. The van der Waals surface area contributed by atoms with Crippen LogP contribution < -0.4 is 4.90 Å². The minimum atomic E-state index is -0.876. The number of carbonyl (C=O) groups is 1. The van der Waals surface area contributed by atoms with E-state index in [2.05, 4.69) is 32.3 Å². The number of rotatable bonds is 2. The molecule has 2 heterocycles. The molecule has 5 heteroatoms. The minimum absolute atomic E-state index is 0.363. The Morgan fingerprint density at radius 1 is 1.37 bits per heavy atom. The largest absolute Gasteiger partial charge is 0.478 e. The van der Waals surface area contributed by atoms with Gasteiger partial charge in [0.15, 0.2) is 0 Å². The molecule has 1 aliphatic rings. The lowest BCUT2D eigenvalue weighted by Crippen LogP contribution is -2.30. The molecule has 1 aliphatic heterocycles. The molecule has 0 spiro atoms. The molecule has 0 saturated carbocycles. The Morgan fingerprint density at radius 3 is 3.00 bits per heavy atom. The second kappa shape index (κ2) is 4.98. The van der Waals surface area contributed by atoms with Crippen LogP contribution in [-0.4, -0.2) is 17.6 Å². The van der Waals surface area contributed by atoms with Gasteiger partial charge in [-0.1, -0.05) is 15.9 Å². The Hall–Kier alpha value is -1.33. The van der Waals surface area contributed by atoms with E-state index in [1.807, 2.05) is 6.07 Å². The van der Waals surface area contributed by atoms with E-state index >= 15 is 0 Å². The minimum Gasteiger partial charge on any atom is -0.478 e. The first-order valence-electron chi connectivity index (χ1n) is 5.98. The first-order chi connectivity index (χ1) is 9.15. The molecule has 0 amide bonds. The fourth-order valence-corrected chi connectivity index (χ4v) is 3.64. The van der Waals surface area contributed by atoms with E-state index in [0.717, 1.165) is 29.7 Å². The predicted molar refractivity (Wildman–Crippen MR) is 80.2 cm³/mol. The summed E-state index contributed by atoms with van der Waals surface area (Å²) in [6, 6.07) is 7.45. The molecule has 0 aliphatic carbocycles. The molecular formula is C14H12BrNO2S. The Bertz CT molecular complexity index is 638. The summed E-state index contributed by atoms with van der Waals surface area (Å²) in [6.45, 7) is 1.65. The highest BCUT2D eigenvalue weighted by Gasteiger charge is 2.21. The van der Waals surface area contributed by atoms with Crippen molar-refractivity contribution in [1.29, 1.82) is 0 Å². The molecule has 1 aromatic heterocycles. The highest BCUT2D eigenvalue weighted by molar-refractivity contribution is 9.10. The molecular weight excluding hydrogens is 326 g/mol. The van der Waals surface area contributed by atoms with Crippen LogP contribution in [0.15, 0.2) is 34.1 Å². The number of fused-ring (bicyclic) bond motifs is 1. The van der Waals surface area contributed by atoms with Crippen LogP contribution in [0, 0.1) is 0 Å². The van der Waals surface area contributed by atoms with Crippen molar-refractivity contribution in [3.8, 4) is 0 Å². The van der Waals surface area contributed by atoms with Gasteiger partial charge in [-0.15, -0.1) is 11.3 Å². The standard InChI is InChI=1S/C14H12BrNO2S/c15-10-1-2-11(14(17)18)12(7-10)16-5-3-13-9(8-16)4-6-19-13/h1-2,4,6-7H,3,5,8H2,(H,17,18). The molecule has 19 heavy (non-hydrogen) atoms. The van der Waals surface area contributed by atoms with Crippen molar-refractivity contribution < 1.29 is 9.90 Å². The zero-order chi connectivity index (χ0) is 13.4. The number of aromatic carboxylic acids is 1. The van der Waals surface area contributed by atoms with Gasteiger partial charge in [0.25, 0.3) is 0 Å². The van der Waals surface area contributed by atoms with Crippen LogP contribution in [0.3, 0.4) is 0 Å². The van der Waals surface area contributed by atoms with Crippen molar-refractivity contribution in [3.05, 3.63) is 50.1 Å². The van der Waals surface area contributed by atoms with Gasteiger partial charge in [0.2, 0.25) is 0 Å². The third-order valence-corrected chi connectivity index (χ3v) is 4.85. The van der Waals surface area contributed by atoms with Gasteiger partial charge < -0.3 is 10.0 Å². The fourth-order valence-electron chi connectivity index (χ4n) is 2.40. The van der Waals surface area contributed by atoms with Crippen LogP contribution in [0.2, 0.25) is 0 Å². The van der Waals surface area contributed by atoms with E-state index in [-0.39, 0.29) is 0 Å². The van der Waals surface area contributed by atoms with Crippen LogP contribution in [0.5, 0.6) is 0 Å². The Morgan fingerprint density at radius 2 is 2.21 bits per heavy atom. The second-order valence-corrected chi connectivity index (χ2v) is 6.42. The number of hydrogen-bond acceptors (Lipinski definition) is 3. The topological polar surface area (TPSA) is 40.5 Å². The summed E-state index contributed by atoms with van der Waals surface area (Å²) in [7, 11) is 0. The molecule has 0 saturated heterocycles. The van der Waals surface area contributed by atoms with Crippen LogP contribution in [0.25, 0.3) is 0 Å². The molecule has 0 radical (unpaired) electrons. The van der Waals surface area contributed by atoms with Crippen LogP contribution in [-0.2, 0) is 13.0 Å². The number of anilines is 1. The molecule has 98 valence electrons. The number of carboxylic acids is 1. The molecule has 0 bridgehead atoms. The number of thiophene rings is 1. The van der Waals surface area contributed by atoms with Crippen LogP contribution >= 0.6 is 27.3 Å². The van der Waals surface area contributed by atoms with Gasteiger partial charge in [0, 0.05) is 22.4 Å². The molecule has 3 rings (SSSR count). The Balaban J connectivity index is 1.99. The Labute approximate surface area is 123 Å². The van der Waals surface area contributed by atoms with E-state index in [1.54, 1.807) is 23.5 Å². The molecule has 0 unspecified atom stereocenters. The highest BCUT2D eigenvalue weighted by Crippen LogP contribution is 2.31. The first-order valence-corrected chi connectivity index (χ1v) is 7.65. The number of hydrogen-bond donors (Lipinski definition) is 1. The Kier molecular flexibility index (Phi) is 3.33. The predicted octanol–water partition coefficient (Wildman–Crippen LogP) is 3.77. The second-order valence-electron chi connectivity index (χ2n) is 4.51. The molecule has 3 nitrogen and oxygen atoms in total. The number of halogens is 1. The zero-order valence-electron chi connectivity index (χ0n) is 10.1. The summed E-state index contributed by atoms with van der Waals surface area (Å²) in [4.78, 5) is 14.9. The van der Waals surface area contributed by atoms with Gasteiger partial charge in [-0.2, -0.15) is 0 Å². The van der Waals surface area contributed by atoms with Crippen molar-refractivity contribution in [1.82, 2.24) is 0 Å². The third-order valence-electron chi connectivity index (χ3n) is 3.34. The maximum Gasteiger partial charge on any atom is 0.337 e. The normalized spacial score (nSPS) is 14.3. The van der Waals surface area contributed by atoms with Crippen molar-refractivity contribution in [2.24, 2.45) is 0 Å². The van der Waals surface area contributed by atoms with E-state index in [1.165, 1.54) is 10.4 Å². The molecule has 2 aromatic rings. The number of benzene rings is 1. The molecule has 1 N–H and O–H groups in total. The van der Waals surface area contributed by atoms with Crippen molar-refractivity contribution in [2.45, 2.75) is 13.0 Å². The smallest absolute Gasteiger partial charge is 0.337 e. The van der Waals surface area contributed by atoms with Gasteiger partial charge in [-0.3, -0.25) is 0 Å². The molecule has 0 fully saturated rings. The maximum absolute atomic E-state index is 11.3. The molecule has 0 atom stereocenters. The average molecular weight is 338 g/mol. The zero-order valence-corrected chi connectivity index (χ0v) is 12.5. The monoisotopic (exact) mass is 337 g/mol. The lowest BCUT2D eigenvalue weighted by atomic mass is 10.1. The summed E-state index contributed by atoms with van der Waals surface area (Å²) < 4.78 is 0.906. The van der Waals surface area contributed by atoms with Gasteiger partial charge in [-0.05, 0) is 41.6 Å². The highest BCUT2D eigenvalue weighted by atomic mass is 79.9. The fraction of sp³-hybridized carbons (Fsp3) is 0.214. The third kappa shape index (κ3) is 2.40. The average Bonchev–Trinajstić information content (AvgIpc) is 2.85. The SMILES string of the molecule is O=C(O)c1ccc(Br)cc1N1CCc2sccc2C1. The van der Waals surface area contributed by atoms with E-state index in [9.17, 15) is 9.90 Å². The first kappa shape index (κ1) is 12.7. The van der Waals surface area contributed by atoms with E-state index in [4.69, 9.17) is 0 Å². The quantitative estimate of drug-likeness (QED) is 0.906. The van der Waals surface area contributed by atoms with Gasteiger partial charge in [0.1, 0.15) is 0 Å². The summed E-state index contributed by atoms with van der Waals surface area (Å²) in [5.74, 6) is -0.876. The number of carboxylic acid groups (broad SMARTS) is 1. The van der Waals surface area contributed by atoms with Crippen molar-refractivity contribution in [2.75, 3.05) is 11.4 Å². The van der Waals surface area contributed by atoms with Crippen molar-refractivity contribution >= 4 is 38.9 Å². The number of nitrogens with zero attached hydrogens (tertiary/aromatic N) is 1. The van der Waals surface area contributed by atoms with Gasteiger partial charge in [-0.25, -0.2) is 4.79 Å². The van der Waals surface area contributed by atoms with Gasteiger partial charge >= 0.3 is 5.97 Å².